The normalized spacial score (nSPS) is 10.9. The van der Waals surface area contributed by atoms with Crippen LogP contribution in [-0.4, -0.2) is 38.2 Å². The smallest absolute Gasteiger partial charge is 0.253 e. The fourth-order valence-corrected chi connectivity index (χ4v) is 2.93. The van der Waals surface area contributed by atoms with Crippen molar-refractivity contribution >= 4 is 23.3 Å². The van der Waals surface area contributed by atoms with Gasteiger partial charge in [0.1, 0.15) is 5.75 Å². The summed E-state index contributed by atoms with van der Waals surface area (Å²) in [6.07, 6.45) is 0. The fraction of sp³-hybridized carbons (Fsp3) is 0.250. The topological polar surface area (TPSA) is 69.4 Å². The molecule has 0 aliphatic rings. The van der Waals surface area contributed by atoms with Crippen molar-refractivity contribution in [2.24, 2.45) is 0 Å². The monoisotopic (exact) mass is 328 g/mol. The molecule has 1 aromatic carbocycles. The zero-order valence-electron chi connectivity index (χ0n) is 13.1. The molecular weight excluding hydrogens is 312 g/mol. The Morgan fingerprint density at radius 2 is 2.09 bits per heavy atom. The van der Waals surface area contributed by atoms with Gasteiger partial charge in [0.15, 0.2) is 5.78 Å². The lowest BCUT2D eigenvalue weighted by Gasteiger charge is -2.02. The number of aryl methyl sites for hydroxylation is 2. The molecule has 0 spiro atoms. The highest BCUT2D eigenvalue weighted by Gasteiger charge is 2.12. The summed E-state index contributed by atoms with van der Waals surface area (Å²) in [6, 6.07) is 9.06. The van der Waals surface area contributed by atoms with Crippen molar-refractivity contribution < 1.29 is 9.53 Å². The Labute approximate surface area is 137 Å². The van der Waals surface area contributed by atoms with Gasteiger partial charge in [0, 0.05) is 17.0 Å². The predicted octanol–water partition coefficient (Wildman–Crippen LogP) is 2.72. The minimum Gasteiger partial charge on any atom is -0.497 e. The van der Waals surface area contributed by atoms with E-state index in [2.05, 4.69) is 15.1 Å². The lowest BCUT2D eigenvalue weighted by Crippen LogP contribution is -2.03. The number of fused-ring (bicyclic) bond motifs is 1. The molecule has 0 saturated heterocycles. The van der Waals surface area contributed by atoms with Gasteiger partial charge in [-0.15, -0.1) is 5.10 Å². The first kappa shape index (κ1) is 15.5. The number of ketones is 1. The zero-order chi connectivity index (χ0) is 16.4. The van der Waals surface area contributed by atoms with Crippen LogP contribution in [0.15, 0.2) is 35.5 Å². The minimum absolute atomic E-state index is 0.00798. The van der Waals surface area contributed by atoms with E-state index in [1.165, 1.54) is 11.8 Å². The average molecular weight is 328 g/mol. The van der Waals surface area contributed by atoms with Crippen molar-refractivity contribution in [2.45, 2.75) is 19.0 Å². The summed E-state index contributed by atoms with van der Waals surface area (Å²) in [5.41, 5.74) is 2.48. The molecule has 3 aromatic rings. The summed E-state index contributed by atoms with van der Waals surface area (Å²) < 4.78 is 6.82. The van der Waals surface area contributed by atoms with Crippen molar-refractivity contribution in [3.8, 4) is 5.75 Å². The maximum absolute atomic E-state index is 12.3. The number of methoxy groups -OCH3 is 1. The third-order valence-corrected chi connectivity index (χ3v) is 4.16. The molecule has 0 atom stereocenters. The van der Waals surface area contributed by atoms with Gasteiger partial charge >= 0.3 is 0 Å². The van der Waals surface area contributed by atoms with Crippen molar-refractivity contribution in [1.29, 1.82) is 0 Å². The standard InChI is InChI=1S/C16H16N4O2S/c1-10-7-11(2)20-15(17-10)18-16(19-20)23-9-14(21)12-5-4-6-13(8-12)22-3/h4-8H,9H2,1-3H3. The second-order valence-corrected chi connectivity index (χ2v) is 6.03. The lowest BCUT2D eigenvalue weighted by atomic mass is 10.1. The molecule has 23 heavy (non-hydrogen) atoms. The molecule has 0 bridgehead atoms. The third-order valence-electron chi connectivity index (χ3n) is 3.32. The van der Waals surface area contributed by atoms with E-state index in [9.17, 15) is 4.79 Å². The van der Waals surface area contributed by atoms with Crippen LogP contribution in [0, 0.1) is 13.8 Å². The molecule has 2 aromatic heterocycles. The predicted molar refractivity (Wildman–Crippen MR) is 88.3 cm³/mol. The van der Waals surface area contributed by atoms with Gasteiger partial charge in [0.25, 0.3) is 5.78 Å². The van der Waals surface area contributed by atoms with E-state index in [-0.39, 0.29) is 11.5 Å². The number of ether oxygens (including phenoxy) is 1. The number of carbonyl (C=O) groups is 1. The van der Waals surface area contributed by atoms with Crippen LogP contribution in [0.4, 0.5) is 0 Å². The molecular formula is C16H16N4O2S. The molecule has 0 aliphatic carbocycles. The maximum Gasteiger partial charge on any atom is 0.253 e. The highest BCUT2D eigenvalue weighted by molar-refractivity contribution is 7.99. The van der Waals surface area contributed by atoms with Gasteiger partial charge in [-0.2, -0.15) is 4.98 Å². The average Bonchev–Trinajstić information content (AvgIpc) is 2.96. The number of rotatable bonds is 5. The Hall–Kier alpha value is -2.41. The molecule has 6 nitrogen and oxygen atoms in total. The summed E-state index contributed by atoms with van der Waals surface area (Å²) in [4.78, 5) is 21.0. The van der Waals surface area contributed by atoms with Gasteiger partial charge in [0.05, 0.1) is 12.9 Å². The van der Waals surface area contributed by atoms with Crippen LogP contribution in [-0.2, 0) is 0 Å². The van der Waals surface area contributed by atoms with E-state index >= 15 is 0 Å². The fourth-order valence-electron chi connectivity index (χ4n) is 2.22. The van der Waals surface area contributed by atoms with Gasteiger partial charge in [-0.3, -0.25) is 4.79 Å². The van der Waals surface area contributed by atoms with Crippen LogP contribution in [0.2, 0.25) is 0 Å². The first-order chi connectivity index (χ1) is 11.1. The summed E-state index contributed by atoms with van der Waals surface area (Å²) in [5, 5.41) is 4.93. The van der Waals surface area contributed by atoms with Gasteiger partial charge in [0.2, 0.25) is 5.16 Å². The Kier molecular flexibility index (Phi) is 4.29. The van der Waals surface area contributed by atoms with E-state index in [4.69, 9.17) is 4.74 Å². The molecule has 0 radical (unpaired) electrons. The molecule has 7 heteroatoms. The van der Waals surface area contributed by atoms with Crippen LogP contribution in [0.5, 0.6) is 5.75 Å². The van der Waals surface area contributed by atoms with E-state index in [0.29, 0.717) is 22.2 Å². The molecule has 0 aliphatic heterocycles. The van der Waals surface area contributed by atoms with E-state index in [1.807, 2.05) is 26.0 Å². The second kappa shape index (κ2) is 6.37. The number of hydrogen-bond donors (Lipinski definition) is 0. The largest absolute Gasteiger partial charge is 0.497 e. The van der Waals surface area contributed by atoms with E-state index in [0.717, 1.165) is 11.4 Å². The van der Waals surface area contributed by atoms with Crippen LogP contribution >= 0.6 is 11.8 Å². The number of hydrogen-bond acceptors (Lipinski definition) is 6. The number of nitrogens with zero attached hydrogens (tertiary/aromatic N) is 4. The second-order valence-electron chi connectivity index (χ2n) is 5.09. The molecule has 2 heterocycles. The number of Topliss-reactive ketones (excluding diaryl/α,β-unsaturated/α-hetero) is 1. The summed E-state index contributed by atoms with van der Waals surface area (Å²) in [7, 11) is 1.58. The maximum atomic E-state index is 12.3. The lowest BCUT2D eigenvalue weighted by molar-refractivity contribution is 0.102. The Morgan fingerprint density at radius 1 is 1.26 bits per heavy atom. The number of benzene rings is 1. The molecule has 0 amide bonds. The van der Waals surface area contributed by atoms with E-state index < -0.39 is 0 Å². The van der Waals surface area contributed by atoms with Gasteiger partial charge < -0.3 is 4.74 Å². The first-order valence-corrected chi connectivity index (χ1v) is 8.06. The highest BCUT2D eigenvalue weighted by Crippen LogP contribution is 2.19. The SMILES string of the molecule is COc1cccc(C(=O)CSc2nc3nc(C)cc(C)n3n2)c1. The molecule has 0 unspecified atom stereocenters. The molecule has 118 valence electrons. The van der Waals surface area contributed by atoms with Crippen LogP contribution < -0.4 is 4.74 Å². The molecule has 0 fully saturated rings. The Bertz CT molecular complexity index is 876. The molecule has 3 rings (SSSR count). The van der Waals surface area contributed by atoms with Crippen molar-refractivity contribution in [2.75, 3.05) is 12.9 Å². The van der Waals surface area contributed by atoms with E-state index in [1.54, 1.807) is 29.8 Å². The number of carbonyl (C=O) groups excluding carboxylic acids is 1. The molecule has 0 N–H and O–H groups in total. The Morgan fingerprint density at radius 3 is 2.87 bits per heavy atom. The van der Waals surface area contributed by atoms with Gasteiger partial charge in [-0.05, 0) is 32.0 Å². The van der Waals surface area contributed by atoms with Crippen molar-refractivity contribution in [1.82, 2.24) is 19.6 Å². The number of aromatic nitrogens is 4. The first-order valence-electron chi connectivity index (χ1n) is 7.08. The van der Waals surface area contributed by atoms with Crippen LogP contribution in [0.3, 0.4) is 0 Å². The Balaban J connectivity index is 1.75. The van der Waals surface area contributed by atoms with Crippen LogP contribution in [0.25, 0.3) is 5.78 Å². The summed E-state index contributed by atoms with van der Waals surface area (Å²) in [6.45, 7) is 3.87. The summed E-state index contributed by atoms with van der Waals surface area (Å²) >= 11 is 1.30. The molecule has 0 saturated carbocycles. The number of thioether (sulfide) groups is 1. The third kappa shape index (κ3) is 3.34. The zero-order valence-corrected chi connectivity index (χ0v) is 13.9. The minimum atomic E-state index is 0.00798. The quantitative estimate of drug-likeness (QED) is 0.530. The van der Waals surface area contributed by atoms with Crippen molar-refractivity contribution in [3.63, 3.8) is 0 Å². The summed E-state index contributed by atoms with van der Waals surface area (Å²) in [5.74, 6) is 1.50. The van der Waals surface area contributed by atoms with Gasteiger partial charge in [-0.25, -0.2) is 9.50 Å². The van der Waals surface area contributed by atoms with Crippen LogP contribution in [0.1, 0.15) is 21.7 Å². The highest BCUT2D eigenvalue weighted by atomic mass is 32.2. The van der Waals surface area contributed by atoms with Gasteiger partial charge in [-0.1, -0.05) is 23.9 Å². The van der Waals surface area contributed by atoms with Crippen molar-refractivity contribution in [3.05, 3.63) is 47.3 Å².